The number of carbonyl (C=O) groups is 3. The number of carbonyl (C=O) groups excluding carboxylic acids is 3. The van der Waals surface area contributed by atoms with Gasteiger partial charge in [-0.05, 0) is 44.5 Å². The molecule has 1 aliphatic heterocycles. The van der Waals surface area contributed by atoms with Gasteiger partial charge in [-0.15, -0.1) is 0 Å². The average molecular weight is 411 g/mol. The van der Waals surface area contributed by atoms with Crippen molar-refractivity contribution in [1.29, 1.82) is 0 Å². The van der Waals surface area contributed by atoms with Crippen LogP contribution in [0.25, 0.3) is 0 Å². The van der Waals surface area contributed by atoms with E-state index in [2.05, 4.69) is 5.32 Å². The van der Waals surface area contributed by atoms with E-state index in [9.17, 15) is 22.8 Å². The number of anilines is 1. The Bertz CT molecular complexity index is 835. The number of ether oxygens (including phenoxy) is 1. The Morgan fingerprint density at radius 1 is 1.25 bits per heavy atom. The molecule has 2 rings (SSSR count). The third-order valence-corrected chi connectivity index (χ3v) is 6.45. The molecule has 1 aromatic rings. The van der Waals surface area contributed by atoms with E-state index in [1.54, 1.807) is 13.8 Å². The standard InChI is InChI=1S/C18H25N3O6S/c1-13(2)20(3)28(25,26)15-8-6-14(7-9-15)19-16(22)12-27-18(24)11-21-10-4-5-17(21)23/h6-9,13H,4-5,10-12H2,1-3H3,(H,19,22). The topological polar surface area (TPSA) is 113 Å². The largest absolute Gasteiger partial charge is 0.454 e. The lowest BCUT2D eigenvalue weighted by Crippen LogP contribution is -2.33. The van der Waals surface area contributed by atoms with Gasteiger partial charge >= 0.3 is 5.97 Å². The Labute approximate surface area is 164 Å². The minimum Gasteiger partial charge on any atom is -0.454 e. The fourth-order valence-corrected chi connectivity index (χ4v) is 3.94. The van der Waals surface area contributed by atoms with Gasteiger partial charge in [0.25, 0.3) is 5.91 Å². The van der Waals surface area contributed by atoms with Crippen LogP contribution >= 0.6 is 0 Å². The summed E-state index contributed by atoms with van der Waals surface area (Å²) in [5.74, 6) is -1.31. The molecule has 0 bridgehead atoms. The molecule has 1 aliphatic rings. The van der Waals surface area contributed by atoms with Crippen molar-refractivity contribution in [3.8, 4) is 0 Å². The second-order valence-electron chi connectivity index (χ2n) is 6.77. The minimum absolute atomic E-state index is 0.0976. The summed E-state index contributed by atoms with van der Waals surface area (Å²) < 4.78 is 30.9. The van der Waals surface area contributed by atoms with Crippen LogP contribution in [0.1, 0.15) is 26.7 Å². The van der Waals surface area contributed by atoms with E-state index in [0.29, 0.717) is 25.1 Å². The smallest absolute Gasteiger partial charge is 0.326 e. The lowest BCUT2D eigenvalue weighted by molar-refractivity contribution is -0.150. The summed E-state index contributed by atoms with van der Waals surface area (Å²) in [6.07, 6.45) is 1.14. The molecule has 0 spiro atoms. The summed E-state index contributed by atoms with van der Waals surface area (Å²) in [5, 5.41) is 2.53. The van der Waals surface area contributed by atoms with Crippen molar-refractivity contribution in [1.82, 2.24) is 9.21 Å². The van der Waals surface area contributed by atoms with Crippen LogP contribution < -0.4 is 5.32 Å². The van der Waals surface area contributed by atoms with Crippen molar-refractivity contribution in [2.45, 2.75) is 37.6 Å². The highest BCUT2D eigenvalue weighted by Gasteiger charge is 2.24. The summed E-state index contributed by atoms with van der Waals surface area (Å²) in [6.45, 7) is 3.40. The number of nitrogens with zero attached hydrogens (tertiary/aromatic N) is 2. The summed E-state index contributed by atoms with van der Waals surface area (Å²) in [6, 6.07) is 5.53. The highest BCUT2D eigenvalue weighted by Crippen LogP contribution is 2.19. The normalized spacial score (nSPS) is 14.6. The SMILES string of the molecule is CC(C)N(C)S(=O)(=O)c1ccc(NC(=O)COC(=O)CN2CCCC2=O)cc1. The van der Waals surface area contributed by atoms with Crippen LogP contribution in [0.3, 0.4) is 0 Å². The third kappa shape index (κ3) is 5.52. The first-order valence-corrected chi connectivity index (χ1v) is 10.4. The van der Waals surface area contributed by atoms with Gasteiger partial charge in [0, 0.05) is 31.7 Å². The Kier molecular flexibility index (Phi) is 7.14. The number of benzene rings is 1. The van der Waals surface area contributed by atoms with Crippen molar-refractivity contribution >= 4 is 33.5 Å². The van der Waals surface area contributed by atoms with E-state index in [0.717, 1.165) is 0 Å². The number of likely N-dealkylation sites (tertiary alicyclic amines) is 1. The molecule has 0 aliphatic carbocycles. The van der Waals surface area contributed by atoms with Crippen LogP contribution in [0, 0.1) is 0 Å². The highest BCUT2D eigenvalue weighted by atomic mass is 32.2. The van der Waals surface area contributed by atoms with Gasteiger partial charge in [0.1, 0.15) is 6.54 Å². The number of rotatable bonds is 8. The molecule has 154 valence electrons. The first kappa shape index (κ1) is 21.8. The zero-order chi connectivity index (χ0) is 20.9. The molecule has 0 unspecified atom stereocenters. The van der Waals surface area contributed by atoms with E-state index < -0.39 is 28.5 Å². The molecule has 2 amide bonds. The fourth-order valence-electron chi connectivity index (χ4n) is 2.57. The van der Waals surface area contributed by atoms with Crippen LogP contribution in [-0.4, -0.2) is 68.2 Å². The molecule has 1 heterocycles. The zero-order valence-corrected chi connectivity index (χ0v) is 17.0. The Hall–Kier alpha value is -2.46. The second-order valence-corrected chi connectivity index (χ2v) is 8.76. The number of hydrogen-bond donors (Lipinski definition) is 1. The summed E-state index contributed by atoms with van der Waals surface area (Å²) in [5.41, 5.74) is 0.377. The maximum absolute atomic E-state index is 12.4. The molecule has 1 N–H and O–H groups in total. The summed E-state index contributed by atoms with van der Waals surface area (Å²) in [7, 11) is -2.10. The van der Waals surface area contributed by atoms with E-state index in [1.165, 1.54) is 40.5 Å². The van der Waals surface area contributed by atoms with Gasteiger partial charge in [-0.3, -0.25) is 14.4 Å². The molecule has 10 heteroatoms. The summed E-state index contributed by atoms with van der Waals surface area (Å²) in [4.78, 5) is 36.6. The fraction of sp³-hybridized carbons (Fsp3) is 0.500. The molecular weight excluding hydrogens is 386 g/mol. The molecule has 28 heavy (non-hydrogen) atoms. The van der Waals surface area contributed by atoms with Gasteiger partial charge in [-0.1, -0.05) is 0 Å². The first-order valence-electron chi connectivity index (χ1n) is 8.92. The monoisotopic (exact) mass is 411 g/mol. The zero-order valence-electron chi connectivity index (χ0n) is 16.2. The quantitative estimate of drug-likeness (QED) is 0.634. The Morgan fingerprint density at radius 2 is 1.89 bits per heavy atom. The van der Waals surface area contributed by atoms with Gasteiger partial charge in [0.2, 0.25) is 15.9 Å². The van der Waals surface area contributed by atoms with Crippen molar-refractivity contribution in [2.24, 2.45) is 0 Å². The predicted octanol–water partition coefficient (Wildman–Crippen LogP) is 0.820. The van der Waals surface area contributed by atoms with E-state index >= 15 is 0 Å². The molecule has 0 aromatic heterocycles. The first-order chi connectivity index (χ1) is 13.1. The maximum atomic E-state index is 12.4. The lowest BCUT2D eigenvalue weighted by atomic mass is 10.3. The van der Waals surface area contributed by atoms with Crippen LogP contribution in [0.4, 0.5) is 5.69 Å². The second kappa shape index (κ2) is 9.16. The van der Waals surface area contributed by atoms with Crippen LogP contribution in [0.5, 0.6) is 0 Å². The average Bonchev–Trinajstić information content (AvgIpc) is 3.04. The van der Waals surface area contributed by atoms with Gasteiger partial charge in [-0.2, -0.15) is 4.31 Å². The van der Waals surface area contributed by atoms with E-state index in [-0.39, 0.29) is 23.4 Å². The molecule has 1 fully saturated rings. The van der Waals surface area contributed by atoms with Gasteiger partial charge < -0.3 is 15.0 Å². The van der Waals surface area contributed by atoms with Crippen molar-refractivity contribution in [2.75, 3.05) is 32.1 Å². The van der Waals surface area contributed by atoms with E-state index in [4.69, 9.17) is 4.74 Å². The van der Waals surface area contributed by atoms with Crippen molar-refractivity contribution < 1.29 is 27.5 Å². The number of esters is 1. The van der Waals surface area contributed by atoms with Crippen molar-refractivity contribution in [3.05, 3.63) is 24.3 Å². The van der Waals surface area contributed by atoms with Crippen LogP contribution in [0.2, 0.25) is 0 Å². The third-order valence-electron chi connectivity index (χ3n) is 4.40. The molecule has 9 nitrogen and oxygen atoms in total. The van der Waals surface area contributed by atoms with Gasteiger partial charge in [0.15, 0.2) is 6.61 Å². The van der Waals surface area contributed by atoms with Gasteiger partial charge in [-0.25, -0.2) is 8.42 Å². The van der Waals surface area contributed by atoms with Crippen LogP contribution in [-0.2, 0) is 29.1 Å². The highest BCUT2D eigenvalue weighted by molar-refractivity contribution is 7.89. The number of sulfonamides is 1. The molecule has 1 saturated heterocycles. The summed E-state index contributed by atoms with van der Waals surface area (Å²) >= 11 is 0. The molecule has 0 saturated carbocycles. The Balaban J connectivity index is 1.85. The van der Waals surface area contributed by atoms with E-state index in [1.807, 2.05) is 0 Å². The molecule has 0 atom stereocenters. The lowest BCUT2D eigenvalue weighted by Gasteiger charge is -2.21. The van der Waals surface area contributed by atoms with Crippen molar-refractivity contribution in [3.63, 3.8) is 0 Å². The van der Waals surface area contributed by atoms with Gasteiger partial charge in [0.05, 0.1) is 4.90 Å². The predicted molar refractivity (Wildman–Crippen MR) is 102 cm³/mol. The molecule has 0 radical (unpaired) electrons. The maximum Gasteiger partial charge on any atom is 0.326 e. The number of hydrogen-bond acceptors (Lipinski definition) is 6. The number of nitrogens with one attached hydrogen (secondary N) is 1. The van der Waals surface area contributed by atoms with Crippen LogP contribution in [0.15, 0.2) is 29.2 Å². The molecule has 1 aromatic carbocycles. The minimum atomic E-state index is -3.60. The Morgan fingerprint density at radius 3 is 2.43 bits per heavy atom. The molecular formula is C18H25N3O6S. The number of amides is 2.